The van der Waals surface area contributed by atoms with Crippen molar-refractivity contribution in [1.82, 2.24) is 10.2 Å². The maximum absolute atomic E-state index is 13.4. The second-order valence-corrected chi connectivity index (χ2v) is 6.42. The van der Waals surface area contributed by atoms with Crippen molar-refractivity contribution in [2.75, 3.05) is 26.2 Å². The summed E-state index contributed by atoms with van der Waals surface area (Å²) >= 11 is 0. The van der Waals surface area contributed by atoms with Crippen LogP contribution >= 0.6 is 12.4 Å². The Morgan fingerprint density at radius 1 is 1.45 bits per heavy atom. The molecule has 1 aromatic rings. The molecule has 0 aliphatic carbocycles. The molecule has 112 valence electrons. The Balaban J connectivity index is 0.00000147. The molecule has 0 bridgehead atoms. The number of nitrogens with zero attached hydrogens (tertiary/aromatic N) is 1. The Bertz CT molecular complexity index is 446. The van der Waals surface area contributed by atoms with E-state index in [-0.39, 0.29) is 18.2 Å². The topological polar surface area (TPSA) is 15.3 Å². The van der Waals surface area contributed by atoms with Gasteiger partial charge in [0.25, 0.3) is 0 Å². The lowest BCUT2D eigenvalue weighted by molar-refractivity contribution is 0.165. The van der Waals surface area contributed by atoms with Crippen molar-refractivity contribution in [1.29, 1.82) is 0 Å². The van der Waals surface area contributed by atoms with Crippen molar-refractivity contribution in [3.8, 4) is 0 Å². The third-order valence-corrected chi connectivity index (χ3v) is 4.64. The van der Waals surface area contributed by atoms with Gasteiger partial charge in [0.15, 0.2) is 0 Å². The van der Waals surface area contributed by atoms with Crippen molar-refractivity contribution in [2.45, 2.75) is 32.2 Å². The molecular weight excluding hydrogens is 275 g/mol. The number of likely N-dealkylation sites (tertiary alicyclic amines) is 1. The smallest absolute Gasteiger partial charge is 0.123 e. The maximum Gasteiger partial charge on any atom is 0.123 e. The minimum Gasteiger partial charge on any atom is -0.316 e. The summed E-state index contributed by atoms with van der Waals surface area (Å²) in [4.78, 5) is 2.56. The number of rotatable bonds is 3. The molecule has 2 saturated heterocycles. The normalized spacial score (nSPS) is 30.4. The van der Waals surface area contributed by atoms with Gasteiger partial charge >= 0.3 is 0 Å². The summed E-state index contributed by atoms with van der Waals surface area (Å²) in [6, 6.07) is 7.55. The Morgan fingerprint density at radius 3 is 3.00 bits per heavy atom. The van der Waals surface area contributed by atoms with Crippen molar-refractivity contribution >= 4 is 12.4 Å². The lowest BCUT2D eigenvalue weighted by Gasteiger charge is -2.33. The predicted octanol–water partition coefficient (Wildman–Crippen LogP) is 3.38. The average Bonchev–Trinajstić information content (AvgIpc) is 2.99. The second-order valence-electron chi connectivity index (χ2n) is 6.42. The molecule has 2 aliphatic heterocycles. The second kappa shape index (κ2) is 6.42. The van der Waals surface area contributed by atoms with Gasteiger partial charge in [0, 0.05) is 19.1 Å². The molecule has 2 fully saturated rings. The third-order valence-electron chi connectivity index (χ3n) is 4.64. The number of benzene rings is 1. The van der Waals surface area contributed by atoms with E-state index < -0.39 is 0 Å². The zero-order valence-corrected chi connectivity index (χ0v) is 12.9. The quantitative estimate of drug-likeness (QED) is 0.920. The van der Waals surface area contributed by atoms with Gasteiger partial charge in [-0.25, -0.2) is 4.39 Å². The van der Waals surface area contributed by atoms with Crippen LogP contribution in [-0.4, -0.2) is 31.1 Å². The van der Waals surface area contributed by atoms with Crippen LogP contribution in [0.3, 0.4) is 0 Å². The van der Waals surface area contributed by atoms with Gasteiger partial charge in [0.2, 0.25) is 0 Å². The molecule has 0 aromatic heterocycles. The minimum atomic E-state index is -0.113. The Labute approximate surface area is 127 Å². The van der Waals surface area contributed by atoms with Crippen molar-refractivity contribution < 1.29 is 4.39 Å². The molecule has 1 aromatic carbocycles. The van der Waals surface area contributed by atoms with E-state index in [1.165, 1.54) is 18.9 Å². The molecule has 20 heavy (non-hydrogen) atoms. The van der Waals surface area contributed by atoms with Crippen LogP contribution in [0, 0.1) is 11.2 Å². The monoisotopic (exact) mass is 298 g/mol. The average molecular weight is 299 g/mol. The van der Waals surface area contributed by atoms with Crippen LogP contribution in [0.5, 0.6) is 0 Å². The Hall–Kier alpha value is -0.640. The summed E-state index contributed by atoms with van der Waals surface area (Å²) in [5.74, 6) is -0.113. The van der Waals surface area contributed by atoms with Crippen LogP contribution in [0.15, 0.2) is 24.3 Å². The number of hydrogen-bond acceptors (Lipinski definition) is 2. The molecular formula is C16H24ClFN2. The first-order valence-corrected chi connectivity index (χ1v) is 7.37. The first kappa shape index (κ1) is 15.7. The molecule has 2 nitrogen and oxygen atoms in total. The fourth-order valence-electron chi connectivity index (χ4n) is 3.60. The van der Waals surface area contributed by atoms with E-state index in [4.69, 9.17) is 0 Å². The van der Waals surface area contributed by atoms with Crippen LogP contribution < -0.4 is 5.32 Å². The molecule has 0 radical (unpaired) electrons. The summed E-state index contributed by atoms with van der Waals surface area (Å²) in [7, 11) is 0. The highest BCUT2D eigenvalue weighted by atomic mass is 35.5. The number of hydrogen-bond donors (Lipinski definition) is 1. The van der Waals surface area contributed by atoms with Gasteiger partial charge in [0.1, 0.15) is 5.82 Å². The summed E-state index contributed by atoms with van der Waals surface area (Å²) < 4.78 is 13.4. The van der Waals surface area contributed by atoms with Gasteiger partial charge in [-0.3, -0.25) is 4.90 Å². The van der Waals surface area contributed by atoms with Crippen molar-refractivity contribution in [3.63, 3.8) is 0 Å². The molecule has 2 aliphatic rings. The molecule has 0 amide bonds. The van der Waals surface area contributed by atoms with E-state index in [1.54, 1.807) is 6.07 Å². The van der Waals surface area contributed by atoms with Crippen LogP contribution in [-0.2, 0) is 0 Å². The van der Waals surface area contributed by atoms with Gasteiger partial charge in [0.05, 0.1) is 0 Å². The van der Waals surface area contributed by atoms with E-state index in [2.05, 4.69) is 23.2 Å². The molecule has 3 rings (SSSR count). The van der Waals surface area contributed by atoms with Crippen molar-refractivity contribution in [3.05, 3.63) is 35.6 Å². The highest BCUT2D eigenvalue weighted by Gasteiger charge is 2.35. The predicted molar refractivity (Wildman–Crippen MR) is 82.8 cm³/mol. The first-order chi connectivity index (χ1) is 9.16. The van der Waals surface area contributed by atoms with E-state index in [0.717, 1.165) is 38.2 Å². The molecule has 2 unspecified atom stereocenters. The van der Waals surface area contributed by atoms with Gasteiger partial charge < -0.3 is 5.32 Å². The first-order valence-electron chi connectivity index (χ1n) is 7.37. The number of nitrogens with one attached hydrogen (secondary N) is 1. The molecule has 4 heteroatoms. The van der Waals surface area contributed by atoms with Gasteiger partial charge in [-0.05, 0) is 55.5 Å². The molecule has 1 N–H and O–H groups in total. The van der Waals surface area contributed by atoms with Gasteiger partial charge in [-0.2, -0.15) is 0 Å². The molecule has 2 atom stereocenters. The van der Waals surface area contributed by atoms with Crippen molar-refractivity contribution in [2.24, 2.45) is 5.41 Å². The fraction of sp³-hybridized carbons (Fsp3) is 0.625. The van der Waals surface area contributed by atoms with E-state index in [9.17, 15) is 4.39 Å². The van der Waals surface area contributed by atoms with Crippen LogP contribution in [0.1, 0.15) is 37.8 Å². The summed E-state index contributed by atoms with van der Waals surface area (Å²) in [6.07, 6.45) is 3.64. The zero-order valence-electron chi connectivity index (χ0n) is 12.1. The third kappa shape index (κ3) is 3.33. The lowest BCUT2D eigenvalue weighted by Crippen LogP contribution is -2.37. The molecule has 0 saturated carbocycles. The summed E-state index contributed by atoms with van der Waals surface area (Å²) in [5, 5.41) is 3.46. The molecule has 2 heterocycles. The van der Waals surface area contributed by atoms with E-state index in [0.29, 0.717) is 11.5 Å². The zero-order chi connectivity index (χ0) is 13.3. The van der Waals surface area contributed by atoms with Gasteiger partial charge in [-0.1, -0.05) is 19.1 Å². The standard InChI is InChI=1S/C16H23FN2.ClH/c1-16(7-8-18-11-16)12-19-9-3-6-15(19)13-4-2-5-14(17)10-13;/h2,4-5,10,15,18H,3,6-9,11-12H2,1H3;1H. The summed E-state index contributed by atoms with van der Waals surface area (Å²) in [5.41, 5.74) is 1.53. The van der Waals surface area contributed by atoms with E-state index in [1.807, 2.05) is 6.07 Å². The van der Waals surface area contributed by atoms with Crippen LogP contribution in [0.4, 0.5) is 4.39 Å². The van der Waals surface area contributed by atoms with Gasteiger partial charge in [-0.15, -0.1) is 12.4 Å². The fourth-order valence-corrected chi connectivity index (χ4v) is 3.60. The van der Waals surface area contributed by atoms with Crippen LogP contribution in [0.2, 0.25) is 0 Å². The summed E-state index contributed by atoms with van der Waals surface area (Å²) in [6.45, 7) is 6.89. The SMILES string of the molecule is CC1(CN2CCCC2c2cccc(F)c2)CCNC1.Cl. The number of halogens is 2. The highest BCUT2D eigenvalue weighted by Crippen LogP contribution is 2.36. The Morgan fingerprint density at radius 2 is 2.30 bits per heavy atom. The Kier molecular flexibility index (Phi) is 5.05. The largest absolute Gasteiger partial charge is 0.316 e. The highest BCUT2D eigenvalue weighted by molar-refractivity contribution is 5.85. The molecule has 0 spiro atoms. The minimum absolute atomic E-state index is 0. The lowest BCUT2D eigenvalue weighted by atomic mass is 9.88. The van der Waals surface area contributed by atoms with Crippen LogP contribution in [0.25, 0.3) is 0 Å². The maximum atomic E-state index is 13.4. The van der Waals surface area contributed by atoms with E-state index >= 15 is 0 Å².